The van der Waals surface area contributed by atoms with Crippen molar-refractivity contribution < 1.29 is 9.53 Å². The number of carbonyl (C=O) groups is 1. The average molecular weight is 195 g/mol. The van der Waals surface area contributed by atoms with E-state index in [1.54, 1.807) is 0 Å². The van der Waals surface area contributed by atoms with Crippen LogP contribution in [0.2, 0.25) is 0 Å². The van der Waals surface area contributed by atoms with Crippen molar-refractivity contribution in [2.75, 3.05) is 6.61 Å². The van der Waals surface area contributed by atoms with E-state index >= 15 is 0 Å². The molecule has 0 unspecified atom stereocenters. The molecule has 14 heavy (non-hydrogen) atoms. The van der Waals surface area contributed by atoms with Gasteiger partial charge in [0.15, 0.2) is 0 Å². The van der Waals surface area contributed by atoms with Gasteiger partial charge in [-0.2, -0.15) is 0 Å². The van der Waals surface area contributed by atoms with E-state index in [0.717, 1.165) is 23.2 Å². The normalized spacial score (nSPS) is 10.3. The molecular weight excluding hydrogens is 178 g/mol. The van der Waals surface area contributed by atoms with Crippen molar-refractivity contribution in [3.63, 3.8) is 0 Å². The van der Waals surface area contributed by atoms with Crippen LogP contribution >= 0.6 is 0 Å². The number of aromatic amines is 1. The van der Waals surface area contributed by atoms with Crippen LogP contribution in [-0.4, -0.2) is 17.6 Å². The lowest BCUT2D eigenvalue weighted by Gasteiger charge is -2.02. The lowest BCUT2D eigenvalue weighted by atomic mass is 10.1. The van der Waals surface area contributed by atoms with Crippen molar-refractivity contribution >= 4 is 5.97 Å². The van der Waals surface area contributed by atoms with Gasteiger partial charge < -0.3 is 9.72 Å². The third-order valence-electron chi connectivity index (χ3n) is 2.46. The van der Waals surface area contributed by atoms with Crippen LogP contribution in [0, 0.1) is 13.8 Å². The van der Waals surface area contributed by atoms with E-state index < -0.39 is 0 Å². The second kappa shape index (κ2) is 4.31. The van der Waals surface area contributed by atoms with Crippen LogP contribution in [-0.2, 0) is 11.2 Å². The van der Waals surface area contributed by atoms with Gasteiger partial charge in [0.2, 0.25) is 0 Å². The summed E-state index contributed by atoms with van der Waals surface area (Å²) >= 11 is 0. The fraction of sp³-hybridized carbons (Fsp3) is 0.545. The number of aromatic nitrogens is 1. The highest BCUT2D eigenvalue weighted by Gasteiger charge is 2.17. The van der Waals surface area contributed by atoms with Crippen molar-refractivity contribution in [3.8, 4) is 0 Å². The van der Waals surface area contributed by atoms with Crippen molar-refractivity contribution in [2.24, 2.45) is 0 Å². The van der Waals surface area contributed by atoms with Gasteiger partial charge in [0.25, 0.3) is 0 Å². The number of carbonyl (C=O) groups excluding carboxylic acids is 1. The summed E-state index contributed by atoms with van der Waals surface area (Å²) in [5, 5.41) is 0. The first-order valence-corrected chi connectivity index (χ1v) is 4.96. The summed E-state index contributed by atoms with van der Waals surface area (Å²) < 4.78 is 4.97. The minimum absolute atomic E-state index is 0.249. The number of hydrogen-bond donors (Lipinski definition) is 1. The molecule has 3 heteroatoms. The molecule has 0 spiro atoms. The third kappa shape index (κ3) is 1.81. The van der Waals surface area contributed by atoms with Crippen molar-refractivity contribution in [1.82, 2.24) is 4.98 Å². The van der Waals surface area contributed by atoms with E-state index in [9.17, 15) is 4.79 Å². The van der Waals surface area contributed by atoms with Crippen LogP contribution < -0.4 is 0 Å². The monoisotopic (exact) mass is 195 g/mol. The third-order valence-corrected chi connectivity index (χ3v) is 2.46. The van der Waals surface area contributed by atoms with Gasteiger partial charge in [-0.3, -0.25) is 0 Å². The molecule has 0 bridgehead atoms. The highest BCUT2D eigenvalue weighted by molar-refractivity contribution is 5.89. The number of aryl methyl sites for hydroxylation is 1. The second-order valence-electron chi connectivity index (χ2n) is 3.30. The minimum Gasteiger partial charge on any atom is -0.461 e. The molecular formula is C11H17NO2. The van der Waals surface area contributed by atoms with Crippen LogP contribution in [0.1, 0.15) is 41.2 Å². The van der Waals surface area contributed by atoms with Crippen LogP contribution in [0.4, 0.5) is 0 Å². The zero-order valence-electron chi connectivity index (χ0n) is 9.23. The summed E-state index contributed by atoms with van der Waals surface area (Å²) in [7, 11) is 0. The SMILES string of the molecule is CCOC(=O)c1[nH]c(C)c(C)c1CC. The molecule has 0 aliphatic carbocycles. The van der Waals surface area contributed by atoms with E-state index in [1.165, 1.54) is 0 Å². The highest BCUT2D eigenvalue weighted by Crippen LogP contribution is 2.18. The Morgan fingerprint density at radius 2 is 2.00 bits per heavy atom. The summed E-state index contributed by atoms with van der Waals surface area (Å²) in [6, 6.07) is 0. The quantitative estimate of drug-likeness (QED) is 0.752. The summed E-state index contributed by atoms with van der Waals surface area (Å²) in [5.41, 5.74) is 3.89. The molecule has 0 aliphatic heterocycles. The van der Waals surface area contributed by atoms with E-state index in [2.05, 4.69) is 4.98 Å². The van der Waals surface area contributed by atoms with Gasteiger partial charge in [-0.25, -0.2) is 4.79 Å². The molecule has 0 aromatic carbocycles. The summed E-state index contributed by atoms with van der Waals surface area (Å²) in [5.74, 6) is -0.249. The van der Waals surface area contributed by atoms with Gasteiger partial charge in [0.05, 0.1) is 6.61 Å². The smallest absolute Gasteiger partial charge is 0.355 e. The second-order valence-corrected chi connectivity index (χ2v) is 3.30. The maximum absolute atomic E-state index is 11.5. The molecule has 1 N–H and O–H groups in total. The van der Waals surface area contributed by atoms with Gasteiger partial charge in [0.1, 0.15) is 5.69 Å². The topological polar surface area (TPSA) is 42.1 Å². The zero-order valence-corrected chi connectivity index (χ0v) is 9.23. The van der Waals surface area contributed by atoms with Gasteiger partial charge in [0, 0.05) is 5.69 Å². The number of H-pyrrole nitrogens is 1. The number of ether oxygens (including phenoxy) is 1. The average Bonchev–Trinajstić information content (AvgIpc) is 2.44. The van der Waals surface area contributed by atoms with Gasteiger partial charge in [-0.15, -0.1) is 0 Å². The largest absolute Gasteiger partial charge is 0.461 e. The fourth-order valence-corrected chi connectivity index (χ4v) is 1.59. The number of rotatable bonds is 3. The molecule has 1 rings (SSSR count). The molecule has 0 atom stereocenters. The first-order valence-electron chi connectivity index (χ1n) is 4.96. The number of esters is 1. The maximum atomic E-state index is 11.5. The molecule has 0 aliphatic rings. The standard InChI is InChI=1S/C11H17NO2/c1-5-9-7(3)8(4)12-10(9)11(13)14-6-2/h12H,5-6H2,1-4H3. The van der Waals surface area contributed by atoms with E-state index in [-0.39, 0.29) is 5.97 Å². The highest BCUT2D eigenvalue weighted by atomic mass is 16.5. The lowest BCUT2D eigenvalue weighted by Crippen LogP contribution is -2.07. The van der Waals surface area contributed by atoms with E-state index in [4.69, 9.17) is 4.74 Å². The predicted molar refractivity (Wildman–Crippen MR) is 55.6 cm³/mol. The summed E-state index contributed by atoms with van der Waals surface area (Å²) in [6.07, 6.45) is 0.852. The van der Waals surface area contributed by atoms with Gasteiger partial charge >= 0.3 is 5.97 Å². The zero-order chi connectivity index (χ0) is 10.7. The predicted octanol–water partition coefficient (Wildman–Crippen LogP) is 2.37. The van der Waals surface area contributed by atoms with Gasteiger partial charge in [-0.05, 0) is 38.3 Å². The molecule has 3 nitrogen and oxygen atoms in total. The Balaban J connectivity index is 3.08. The molecule has 0 radical (unpaired) electrons. The Morgan fingerprint density at radius 1 is 1.36 bits per heavy atom. The Bertz CT molecular complexity index is 339. The minimum atomic E-state index is -0.249. The van der Waals surface area contributed by atoms with Crippen LogP contribution in [0.5, 0.6) is 0 Å². The number of hydrogen-bond acceptors (Lipinski definition) is 2. The molecule has 1 heterocycles. The summed E-state index contributed by atoms with van der Waals surface area (Å²) in [6.45, 7) is 8.26. The van der Waals surface area contributed by atoms with E-state index in [0.29, 0.717) is 12.3 Å². The van der Waals surface area contributed by atoms with Gasteiger partial charge in [-0.1, -0.05) is 6.92 Å². The lowest BCUT2D eigenvalue weighted by molar-refractivity contribution is 0.0519. The Hall–Kier alpha value is -1.25. The van der Waals surface area contributed by atoms with Crippen LogP contribution in [0.3, 0.4) is 0 Å². The molecule has 0 amide bonds. The molecule has 1 aromatic rings. The molecule has 0 saturated heterocycles. The fourth-order valence-electron chi connectivity index (χ4n) is 1.59. The Morgan fingerprint density at radius 3 is 2.50 bits per heavy atom. The first kappa shape index (κ1) is 10.8. The maximum Gasteiger partial charge on any atom is 0.355 e. The molecule has 0 fully saturated rings. The number of nitrogens with one attached hydrogen (secondary N) is 1. The van der Waals surface area contributed by atoms with E-state index in [1.807, 2.05) is 27.7 Å². The Labute approximate surface area is 84.5 Å². The Kier molecular flexibility index (Phi) is 3.33. The van der Waals surface area contributed by atoms with Crippen LogP contribution in [0.25, 0.3) is 0 Å². The van der Waals surface area contributed by atoms with Crippen molar-refractivity contribution in [2.45, 2.75) is 34.1 Å². The van der Waals surface area contributed by atoms with Crippen molar-refractivity contribution in [3.05, 3.63) is 22.5 Å². The van der Waals surface area contributed by atoms with Crippen molar-refractivity contribution in [1.29, 1.82) is 0 Å². The van der Waals surface area contributed by atoms with Crippen LogP contribution in [0.15, 0.2) is 0 Å². The first-order chi connectivity index (χ1) is 6.61. The molecule has 0 saturated carbocycles. The molecule has 78 valence electrons. The molecule has 1 aromatic heterocycles. The summed E-state index contributed by atoms with van der Waals surface area (Å²) in [4.78, 5) is 14.6.